The van der Waals surface area contributed by atoms with E-state index in [0.717, 1.165) is 15.7 Å². The number of anilines is 1. The molecule has 6 heteroatoms. The summed E-state index contributed by atoms with van der Waals surface area (Å²) in [5.41, 5.74) is 1.83. The topological polar surface area (TPSA) is 49.4 Å². The minimum atomic E-state index is -3.32. The van der Waals surface area contributed by atoms with E-state index < -0.39 is 10.0 Å². The lowest BCUT2D eigenvalue weighted by Gasteiger charge is -2.19. The minimum absolute atomic E-state index is 0.00463. The fourth-order valence-electron chi connectivity index (χ4n) is 2.03. The number of sulfonamides is 1. The van der Waals surface area contributed by atoms with E-state index in [2.05, 4.69) is 20.7 Å². The normalized spacial score (nSPS) is 11.4. The van der Waals surface area contributed by atoms with Gasteiger partial charge in [0.15, 0.2) is 0 Å². The van der Waals surface area contributed by atoms with Gasteiger partial charge in [0.2, 0.25) is 10.0 Å². The molecule has 0 aliphatic rings. The number of nitrogens with zero attached hydrogens (tertiary/aromatic N) is 1. The van der Waals surface area contributed by atoms with Crippen LogP contribution in [0.3, 0.4) is 0 Å². The first-order valence-corrected chi connectivity index (χ1v) is 9.39. The molecule has 1 N–H and O–H groups in total. The first kappa shape index (κ1) is 17.0. The number of para-hydroxylation sites is 1. The van der Waals surface area contributed by atoms with Crippen LogP contribution in [0.15, 0.2) is 59.1 Å². The molecule has 2 aromatic carbocycles. The van der Waals surface area contributed by atoms with Crippen LogP contribution in [0.1, 0.15) is 5.56 Å². The molecule has 2 aromatic rings. The summed E-state index contributed by atoms with van der Waals surface area (Å²) in [5, 5.41) is 0. The largest absolute Gasteiger partial charge is 0.373 e. The lowest BCUT2D eigenvalue weighted by Crippen LogP contribution is -2.33. The van der Waals surface area contributed by atoms with Gasteiger partial charge in [0.05, 0.1) is 5.75 Å². The van der Waals surface area contributed by atoms with Gasteiger partial charge in [-0.1, -0.05) is 46.3 Å². The maximum Gasteiger partial charge on any atom is 0.215 e. The average molecular weight is 383 g/mol. The number of rotatable bonds is 7. The molecule has 22 heavy (non-hydrogen) atoms. The van der Waals surface area contributed by atoms with E-state index >= 15 is 0 Å². The fraction of sp³-hybridized carbons (Fsp3) is 0.250. The third-order valence-electron chi connectivity index (χ3n) is 3.24. The molecule has 0 saturated carbocycles. The molecule has 0 heterocycles. The van der Waals surface area contributed by atoms with E-state index in [4.69, 9.17) is 0 Å². The molecule has 0 aromatic heterocycles. The number of halogens is 1. The predicted octanol–water partition coefficient (Wildman–Crippen LogP) is 3.00. The van der Waals surface area contributed by atoms with Gasteiger partial charge in [-0.2, -0.15) is 0 Å². The van der Waals surface area contributed by atoms with Crippen LogP contribution in [0, 0.1) is 0 Å². The third-order valence-corrected chi connectivity index (χ3v) is 5.12. The van der Waals surface area contributed by atoms with Crippen LogP contribution in [0.5, 0.6) is 0 Å². The quantitative estimate of drug-likeness (QED) is 0.800. The Morgan fingerprint density at radius 2 is 1.68 bits per heavy atom. The summed E-state index contributed by atoms with van der Waals surface area (Å²) in [5.74, 6) is -0.00463. The van der Waals surface area contributed by atoms with Crippen molar-refractivity contribution in [3.63, 3.8) is 0 Å². The molecule has 2 rings (SSSR count). The van der Waals surface area contributed by atoms with Crippen molar-refractivity contribution in [3.8, 4) is 0 Å². The molecular formula is C16H19BrN2O2S. The summed E-state index contributed by atoms with van der Waals surface area (Å²) in [6.07, 6.45) is 0. The van der Waals surface area contributed by atoms with Crippen molar-refractivity contribution < 1.29 is 8.42 Å². The van der Waals surface area contributed by atoms with Crippen molar-refractivity contribution in [1.82, 2.24) is 4.72 Å². The van der Waals surface area contributed by atoms with E-state index in [1.54, 1.807) is 12.1 Å². The molecule has 0 spiro atoms. The number of nitrogens with one attached hydrogen (secondary N) is 1. The SMILES string of the molecule is CN(CCNS(=O)(=O)Cc1ccc(Br)cc1)c1ccccc1. The predicted molar refractivity (Wildman–Crippen MR) is 94.5 cm³/mol. The smallest absolute Gasteiger partial charge is 0.215 e. The zero-order valence-electron chi connectivity index (χ0n) is 12.4. The molecule has 0 saturated heterocycles. The van der Waals surface area contributed by atoms with Crippen molar-refractivity contribution in [2.45, 2.75) is 5.75 Å². The lowest BCUT2D eigenvalue weighted by atomic mass is 10.2. The van der Waals surface area contributed by atoms with E-state index in [1.807, 2.05) is 54.4 Å². The summed E-state index contributed by atoms with van der Waals surface area (Å²) in [4.78, 5) is 2.02. The van der Waals surface area contributed by atoms with Crippen LogP contribution in [0.4, 0.5) is 5.69 Å². The molecule has 0 bridgehead atoms. The van der Waals surface area contributed by atoms with Gasteiger partial charge >= 0.3 is 0 Å². The van der Waals surface area contributed by atoms with E-state index in [1.165, 1.54) is 0 Å². The fourth-order valence-corrected chi connectivity index (χ4v) is 3.43. The van der Waals surface area contributed by atoms with Gasteiger partial charge in [-0.3, -0.25) is 0 Å². The Balaban J connectivity index is 1.84. The van der Waals surface area contributed by atoms with E-state index in [0.29, 0.717) is 13.1 Å². The second-order valence-electron chi connectivity index (χ2n) is 5.04. The highest BCUT2D eigenvalue weighted by molar-refractivity contribution is 9.10. The summed E-state index contributed by atoms with van der Waals surface area (Å²) in [7, 11) is -1.37. The highest BCUT2D eigenvalue weighted by Crippen LogP contribution is 2.13. The molecule has 0 fully saturated rings. The summed E-state index contributed by atoms with van der Waals surface area (Å²) in [6, 6.07) is 17.2. The van der Waals surface area contributed by atoms with Crippen LogP contribution in [-0.4, -0.2) is 28.6 Å². The van der Waals surface area contributed by atoms with E-state index in [-0.39, 0.29) is 5.75 Å². The number of benzene rings is 2. The molecule has 118 valence electrons. The lowest BCUT2D eigenvalue weighted by molar-refractivity contribution is 0.580. The third kappa shape index (κ3) is 5.44. The van der Waals surface area contributed by atoms with Crippen LogP contribution >= 0.6 is 15.9 Å². The van der Waals surface area contributed by atoms with Crippen LogP contribution in [0.2, 0.25) is 0 Å². The van der Waals surface area contributed by atoms with Gasteiger partial charge in [0, 0.05) is 30.3 Å². The molecule has 0 radical (unpaired) electrons. The summed E-state index contributed by atoms with van der Waals surface area (Å²) < 4.78 is 27.7. The standard InChI is InChI=1S/C16H19BrN2O2S/c1-19(16-5-3-2-4-6-16)12-11-18-22(20,21)13-14-7-9-15(17)10-8-14/h2-10,18H,11-13H2,1H3. The highest BCUT2D eigenvalue weighted by atomic mass is 79.9. The zero-order valence-corrected chi connectivity index (χ0v) is 14.8. The van der Waals surface area contributed by atoms with Gasteiger partial charge in [-0.15, -0.1) is 0 Å². The van der Waals surface area contributed by atoms with Crippen molar-refractivity contribution in [3.05, 3.63) is 64.6 Å². The van der Waals surface area contributed by atoms with Gasteiger partial charge in [-0.05, 0) is 29.8 Å². The molecule has 0 aliphatic carbocycles. The van der Waals surface area contributed by atoms with Crippen LogP contribution in [0.25, 0.3) is 0 Å². The van der Waals surface area contributed by atoms with Crippen molar-refractivity contribution in [2.75, 3.05) is 25.0 Å². The van der Waals surface area contributed by atoms with Gasteiger partial charge in [0.1, 0.15) is 0 Å². The van der Waals surface area contributed by atoms with Gasteiger partial charge < -0.3 is 4.90 Å². The van der Waals surface area contributed by atoms with Crippen molar-refractivity contribution in [2.24, 2.45) is 0 Å². The maximum absolute atomic E-state index is 12.1. The van der Waals surface area contributed by atoms with Crippen molar-refractivity contribution >= 4 is 31.6 Å². The maximum atomic E-state index is 12.1. The minimum Gasteiger partial charge on any atom is -0.373 e. The Labute approximate surface area is 140 Å². The molecule has 0 atom stereocenters. The Hall–Kier alpha value is -1.37. The first-order valence-electron chi connectivity index (χ1n) is 6.94. The Morgan fingerprint density at radius 1 is 1.05 bits per heavy atom. The van der Waals surface area contributed by atoms with Crippen LogP contribution < -0.4 is 9.62 Å². The second-order valence-corrected chi connectivity index (χ2v) is 7.76. The molecule has 4 nitrogen and oxygen atoms in total. The Morgan fingerprint density at radius 3 is 2.32 bits per heavy atom. The zero-order chi connectivity index (χ0) is 16.0. The molecule has 0 unspecified atom stereocenters. The highest BCUT2D eigenvalue weighted by Gasteiger charge is 2.11. The molecule has 0 amide bonds. The van der Waals surface area contributed by atoms with E-state index in [9.17, 15) is 8.42 Å². The van der Waals surface area contributed by atoms with Crippen molar-refractivity contribution in [1.29, 1.82) is 0 Å². The monoisotopic (exact) mass is 382 g/mol. The number of hydrogen-bond donors (Lipinski definition) is 1. The van der Waals surface area contributed by atoms with Gasteiger partial charge in [0.25, 0.3) is 0 Å². The molecular weight excluding hydrogens is 364 g/mol. The van der Waals surface area contributed by atoms with Gasteiger partial charge in [-0.25, -0.2) is 13.1 Å². The Bertz CT molecular complexity index is 688. The Kier molecular flexibility index (Phi) is 5.99. The summed E-state index contributed by atoms with van der Waals surface area (Å²) in [6.45, 7) is 0.994. The number of hydrogen-bond acceptors (Lipinski definition) is 3. The van der Waals surface area contributed by atoms with Crippen LogP contribution in [-0.2, 0) is 15.8 Å². The first-order chi connectivity index (χ1) is 10.5. The number of likely N-dealkylation sites (N-methyl/N-ethyl adjacent to an activating group) is 1. The summed E-state index contributed by atoms with van der Waals surface area (Å²) >= 11 is 3.33. The second kappa shape index (κ2) is 7.76. The average Bonchev–Trinajstić information content (AvgIpc) is 2.50. The molecule has 0 aliphatic heterocycles.